The van der Waals surface area contributed by atoms with Crippen molar-refractivity contribution in [3.63, 3.8) is 0 Å². The summed E-state index contributed by atoms with van der Waals surface area (Å²) in [5.41, 5.74) is 7.36. The van der Waals surface area contributed by atoms with E-state index in [1.165, 1.54) is 52.8 Å². The number of nitrogens with zero attached hydrogens (tertiary/aromatic N) is 2. The van der Waals surface area contributed by atoms with Gasteiger partial charge in [-0.1, -0.05) is 133 Å². The maximum Gasteiger partial charge on any atom is 0.160 e. The van der Waals surface area contributed by atoms with E-state index >= 15 is 0 Å². The van der Waals surface area contributed by atoms with Gasteiger partial charge >= 0.3 is 0 Å². The number of fused-ring (bicyclic) bond motifs is 6. The first kappa shape index (κ1) is 25.8. The minimum Gasteiger partial charge on any atom is -0.228 e. The van der Waals surface area contributed by atoms with Crippen LogP contribution in [0.2, 0.25) is 0 Å². The fourth-order valence-electron chi connectivity index (χ4n) is 6.37. The molecule has 0 saturated carbocycles. The zero-order valence-electron chi connectivity index (χ0n) is 24.3. The van der Waals surface area contributed by atoms with Crippen LogP contribution in [0.15, 0.2) is 158 Å². The van der Waals surface area contributed by atoms with Crippen molar-refractivity contribution in [1.29, 1.82) is 0 Å². The number of aromatic nitrogens is 2. The van der Waals surface area contributed by atoms with Gasteiger partial charge in [0.15, 0.2) is 5.82 Å². The lowest BCUT2D eigenvalue weighted by atomic mass is 9.97. The molecule has 210 valence electrons. The van der Waals surface area contributed by atoms with Crippen LogP contribution in [-0.2, 0) is 0 Å². The van der Waals surface area contributed by atoms with E-state index in [2.05, 4.69) is 152 Å². The van der Waals surface area contributed by atoms with Crippen LogP contribution in [-0.4, -0.2) is 9.97 Å². The molecule has 0 atom stereocenters. The van der Waals surface area contributed by atoms with Crippen molar-refractivity contribution in [1.82, 2.24) is 9.97 Å². The van der Waals surface area contributed by atoms with Gasteiger partial charge in [0.2, 0.25) is 0 Å². The van der Waals surface area contributed by atoms with E-state index in [-0.39, 0.29) is 0 Å². The number of benzene rings is 7. The predicted molar refractivity (Wildman–Crippen MR) is 192 cm³/mol. The molecule has 0 aliphatic heterocycles. The summed E-state index contributed by atoms with van der Waals surface area (Å²) in [5.74, 6) is 0.722. The van der Waals surface area contributed by atoms with Crippen LogP contribution in [0.1, 0.15) is 0 Å². The van der Waals surface area contributed by atoms with Gasteiger partial charge in [-0.05, 0) is 56.9 Å². The standard InChI is InChI=1S/C42H26N2S/c1-2-9-29(10-3-1)38-26-39(33-21-23-37-36-12-6-7-13-40(36)45-41(37)25-33)44-42(43-38)30-17-14-27(15-18-30)31-20-22-35-32(24-31)19-16-28-8-4-5-11-34(28)35/h1-26H. The average Bonchev–Trinajstić information content (AvgIpc) is 3.49. The van der Waals surface area contributed by atoms with E-state index in [0.717, 1.165) is 33.9 Å². The highest BCUT2D eigenvalue weighted by Crippen LogP contribution is 2.37. The molecule has 0 N–H and O–H groups in total. The number of hydrogen-bond donors (Lipinski definition) is 0. The van der Waals surface area contributed by atoms with Gasteiger partial charge < -0.3 is 0 Å². The minimum atomic E-state index is 0.722. The summed E-state index contributed by atoms with van der Waals surface area (Å²) in [4.78, 5) is 10.2. The second-order valence-electron chi connectivity index (χ2n) is 11.4. The molecule has 0 aliphatic carbocycles. The highest BCUT2D eigenvalue weighted by atomic mass is 32.1. The van der Waals surface area contributed by atoms with Crippen LogP contribution >= 0.6 is 11.3 Å². The molecule has 2 aromatic heterocycles. The zero-order chi connectivity index (χ0) is 29.7. The molecule has 45 heavy (non-hydrogen) atoms. The lowest BCUT2D eigenvalue weighted by Gasteiger charge is -2.11. The van der Waals surface area contributed by atoms with Gasteiger partial charge in [-0.3, -0.25) is 0 Å². The SMILES string of the molecule is c1ccc(-c2cc(-c3ccc4c(c3)sc3ccccc34)nc(-c3ccc(-c4ccc5c(ccc6ccccc65)c4)cc3)n2)cc1. The lowest BCUT2D eigenvalue weighted by Crippen LogP contribution is -1.96. The number of rotatable bonds is 4. The highest BCUT2D eigenvalue weighted by molar-refractivity contribution is 7.25. The van der Waals surface area contributed by atoms with Gasteiger partial charge in [-0.2, -0.15) is 0 Å². The molecule has 9 rings (SSSR count). The Bertz CT molecular complexity index is 2530. The molecule has 2 nitrogen and oxygen atoms in total. The maximum atomic E-state index is 5.13. The van der Waals surface area contributed by atoms with Crippen molar-refractivity contribution < 1.29 is 0 Å². The summed E-state index contributed by atoms with van der Waals surface area (Å²) >= 11 is 1.83. The van der Waals surface area contributed by atoms with Crippen LogP contribution in [0.25, 0.3) is 86.7 Å². The van der Waals surface area contributed by atoms with Gasteiger partial charge in [0.1, 0.15) is 0 Å². The van der Waals surface area contributed by atoms with Crippen LogP contribution in [0.5, 0.6) is 0 Å². The monoisotopic (exact) mass is 590 g/mol. The third kappa shape index (κ3) is 4.57. The van der Waals surface area contributed by atoms with Gasteiger partial charge in [0.25, 0.3) is 0 Å². The summed E-state index contributed by atoms with van der Waals surface area (Å²) in [6.07, 6.45) is 0. The van der Waals surface area contributed by atoms with Crippen molar-refractivity contribution in [2.45, 2.75) is 0 Å². The predicted octanol–water partition coefficient (Wildman–Crippen LogP) is 11.8. The van der Waals surface area contributed by atoms with E-state index < -0.39 is 0 Å². The fourth-order valence-corrected chi connectivity index (χ4v) is 7.52. The number of hydrogen-bond acceptors (Lipinski definition) is 3. The Morgan fingerprint density at radius 2 is 0.933 bits per heavy atom. The fraction of sp³-hybridized carbons (Fsp3) is 0. The molecule has 3 heteroatoms. The summed E-state index contributed by atoms with van der Waals surface area (Å²) in [7, 11) is 0. The van der Waals surface area contributed by atoms with Crippen LogP contribution in [0.3, 0.4) is 0 Å². The molecular weight excluding hydrogens is 565 g/mol. The zero-order valence-corrected chi connectivity index (χ0v) is 25.1. The summed E-state index contributed by atoms with van der Waals surface area (Å²) < 4.78 is 2.57. The van der Waals surface area contributed by atoms with Gasteiger partial charge in [0, 0.05) is 36.9 Å². The molecule has 0 spiro atoms. The molecule has 0 fully saturated rings. The van der Waals surface area contributed by atoms with Crippen LogP contribution in [0.4, 0.5) is 0 Å². The molecule has 7 aromatic carbocycles. The van der Waals surface area contributed by atoms with E-state index in [9.17, 15) is 0 Å². The van der Waals surface area contributed by atoms with Crippen molar-refractivity contribution in [2.24, 2.45) is 0 Å². The molecule has 0 unspecified atom stereocenters. The first-order valence-corrected chi connectivity index (χ1v) is 16.0. The summed E-state index contributed by atoms with van der Waals surface area (Å²) in [5, 5.41) is 7.67. The Balaban J connectivity index is 1.12. The Kier molecular flexibility index (Phi) is 6.03. The van der Waals surface area contributed by atoms with Gasteiger partial charge in [-0.25, -0.2) is 9.97 Å². The van der Waals surface area contributed by atoms with Crippen LogP contribution < -0.4 is 0 Å². The molecule has 0 bridgehead atoms. The Morgan fingerprint density at radius 3 is 1.80 bits per heavy atom. The van der Waals surface area contributed by atoms with E-state index in [1.54, 1.807) is 0 Å². The van der Waals surface area contributed by atoms with E-state index in [4.69, 9.17) is 9.97 Å². The van der Waals surface area contributed by atoms with Crippen molar-refractivity contribution in [2.75, 3.05) is 0 Å². The second kappa shape index (κ2) is 10.5. The third-order valence-electron chi connectivity index (χ3n) is 8.69. The van der Waals surface area contributed by atoms with Crippen LogP contribution in [0, 0.1) is 0 Å². The molecular formula is C42H26N2S. The summed E-state index contributed by atoms with van der Waals surface area (Å²) in [6, 6.07) is 56.2. The second-order valence-corrected chi connectivity index (χ2v) is 12.5. The maximum absolute atomic E-state index is 5.13. The normalized spacial score (nSPS) is 11.6. The number of thiophene rings is 1. The molecule has 2 heterocycles. The topological polar surface area (TPSA) is 25.8 Å². The van der Waals surface area contributed by atoms with Gasteiger partial charge in [-0.15, -0.1) is 11.3 Å². The Hall–Kier alpha value is -5.64. The Morgan fingerprint density at radius 1 is 0.333 bits per heavy atom. The third-order valence-corrected chi connectivity index (χ3v) is 9.83. The van der Waals surface area contributed by atoms with Crippen molar-refractivity contribution in [3.8, 4) is 45.0 Å². The first-order chi connectivity index (χ1) is 22.3. The largest absolute Gasteiger partial charge is 0.228 e. The molecule has 0 amide bonds. The minimum absolute atomic E-state index is 0.722. The molecule has 0 saturated heterocycles. The lowest BCUT2D eigenvalue weighted by molar-refractivity contribution is 1.18. The van der Waals surface area contributed by atoms with Gasteiger partial charge in [0.05, 0.1) is 11.4 Å². The van der Waals surface area contributed by atoms with E-state index in [1.807, 2.05) is 17.4 Å². The quantitative estimate of drug-likeness (QED) is 0.191. The van der Waals surface area contributed by atoms with Crippen molar-refractivity contribution >= 4 is 53.1 Å². The first-order valence-electron chi connectivity index (χ1n) is 15.2. The smallest absolute Gasteiger partial charge is 0.160 e. The van der Waals surface area contributed by atoms with Crippen molar-refractivity contribution in [3.05, 3.63) is 158 Å². The summed E-state index contributed by atoms with van der Waals surface area (Å²) in [6.45, 7) is 0. The Labute approximate surface area is 264 Å². The highest BCUT2D eigenvalue weighted by Gasteiger charge is 2.13. The molecule has 9 aromatic rings. The molecule has 0 radical (unpaired) electrons. The molecule has 0 aliphatic rings. The van der Waals surface area contributed by atoms with E-state index in [0.29, 0.717) is 0 Å². The average molecular weight is 591 g/mol.